The molecule has 0 aromatic rings. The maximum atomic E-state index is 13.1. The largest absolute Gasteiger partial charge is 0.477 e. The van der Waals surface area contributed by atoms with Gasteiger partial charge in [0.15, 0.2) is 12.5 Å². The Morgan fingerprint density at radius 1 is 0.716 bits per heavy atom. The Labute approximate surface area is 384 Å². The number of ether oxygens (including phenoxy) is 7. The molecule has 0 aromatic heterocycles. The van der Waals surface area contributed by atoms with Crippen molar-refractivity contribution in [2.75, 3.05) is 40.1 Å². The van der Waals surface area contributed by atoms with Crippen molar-refractivity contribution in [1.82, 2.24) is 5.06 Å². The van der Waals surface area contributed by atoms with E-state index in [1.165, 1.54) is 20.9 Å². The number of ketones is 1. The highest BCUT2D eigenvalue weighted by Gasteiger charge is 2.61. The van der Waals surface area contributed by atoms with Crippen LogP contribution in [-0.4, -0.2) is 261 Å². The summed E-state index contributed by atoms with van der Waals surface area (Å²) in [6.07, 6.45) is -34.5. The molecule has 4 fully saturated rings. The summed E-state index contributed by atoms with van der Waals surface area (Å²) in [5, 5.41) is 162. The lowest BCUT2D eigenvalue weighted by Crippen LogP contribution is -2.69. The van der Waals surface area contributed by atoms with Gasteiger partial charge in [-0.15, -0.1) is 0 Å². The molecule has 0 saturated carbocycles. The number of carboxylic acid groups (broad SMARTS) is 2. The van der Waals surface area contributed by atoms with E-state index < -0.39 is 185 Å². The van der Waals surface area contributed by atoms with Crippen LogP contribution in [0.25, 0.3) is 0 Å². The minimum absolute atomic E-state index is 0.0236. The molecule has 4 rings (SSSR count). The average Bonchev–Trinajstić information content (AvgIpc) is 3.29. The maximum absolute atomic E-state index is 13.1. The molecule has 4 saturated heterocycles. The van der Waals surface area contributed by atoms with E-state index in [0.29, 0.717) is 19.3 Å². The predicted octanol–water partition coefficient (Wildman–Crippen LogP) is -6.77. The summed E-state index contributed by atoms with van der Waals surface area (Å²) < 4.78 is 39.9. The van der Waals surface area contributed by atoms with E-state index in [1.54, 1.807) is 0 Å². The molecule has 15 N–H and O–H groups in total. The minimum Gasteiger partial charge on any atom is -0.477 e. The third-order valence-electron chi connectivity index (χ3n) is 12.7. The van der Waals surface area contributed by atoms with Crippen molar-refractivity contribution in [3.63, 3.8) is 0 Å². The fraction of sp³-hybridized carbons (Fsp3) is 0.925. The molecule has 27 heteroatoms. The molecule has 390 valence electrons. The van der Waals surface area contributed by atoms with Crippen molar-refractivity contribution in [1.29, 1.82) is 0 Å². The van der Waals surface area contributed by atoms with Gasteiger partial charge in [-0.2, -0.15) is 5.06 Å². The Balaban J connectivity index is 1.56. The number of rotatable bonds is 24. The van der Waals surface area contributed by atoms with Crippen LogP contribution in [0.4, 0.5) is 0 Å². The normalized spacial score (nSPS) is 41.3. The number of aliphatic carboxylic acids is 2. The highest BCUT2D eigenvalue weighted by molar-refractivity contribution is 5.78. The number of aliphatic hydroxyl groups excluding tert-OH is 13. The van der Waals surface area contributed by atoms with Crippen molar-refractivity contribution < 1.29 is 129 Å². The second-order valence-electron chi connectivity index (χ2n) is 17.5. The number of likely N-dealkylation sites (N-methyl/N-ethyl adjacent to an activating group) is 1. The highest BCUT2D eigenvalue weighted by atomic mass is 16.8. The van der Waals surface area contributed by atoms with Crippen LogP contribution in [0, 0.1) is 11.8 Å². The van der Waals surface area contributed by atoms with Crippen LogP contribution in [-0.2, 0) is 52.4 Å². The minimum atomic E-state index is -3.14. The number of carboxylic acids is 2. The summed E-state index contributed by atoms with van der Waals surface area (Å²) in [6, 6.07) is 0. The fourth-order valence-electron chi connectivity index (χ4n) is 8.57. The number of nitrogens with zero attached hydrogens (tertiary/aromatic N) is 1. The molecule has 0 aromatic carbocycles. The second-order valence-corrected chi connectivity index (χ2v) is 17.5. The van der Waals surface area contributed by atoms with Gasteiger partial charge in [0.05, 0.1) is 57.5 Å². The summed E-state index contributed by atoms with van der Waals surface area (Å²) in [5.74, 6) is -12.4. The lowest BCUT2D eigenvalue weighted by molar-refractivity contribution is -0.391. The SMILES string of the molecule is CCCC(=O)CCCON(C)[C@@H]1OC(CO)[C@@H](O[C@@H]2OC(CO)[C@H](O)[C@H](O[C@]3(C(=O)O)CC(O)[C@@H](C)[C@H]([C@H](O)[C@@H](CO)O[C@]4(C(=O)O)CC(O)[C@@H](C)[C@H]([C@H](O)[C@H](O)CO)O4)O3)C2O)[C@H](O)C1O. The number of carbonyl (C=O) groups excluding carboxylic acids is 1. The second kappa shape index (κ2) is 24.7. The van der Waals surface area contributed by atoms with Crippen LogP contribution in [0.2, 0.25) is 0 Å². The number of hydrogen-bond acceptors (Lipinski definition) is 25. The van der Waals surface area contributed by atoms with Crippen molar-refractivity contribution in [2.24, 2.45) is 11.8 Å². The summed E-state index contributed by atoms with van der Waals surface area (Å²) in [5.41, 5.74) is 0. The van der Waals surface area contributed by atoms with Gasteiger partial charge in [-0.05, 0) is 12.8 Å². The number of carbonyl (C=O) groups is 3. The van der Waals surface area contributed by atoms with E-state index in [0.717, 1.165) is 5.06 Å². The van der Waals surface area contributed by atoms with Gasteiger partial charge >= 0.3 is 11.9 Å². The van der Waals surface area contributed by atoms with Gasteiger partial charge in [-0.1, -0.05) is 20.8 Å². The molecule has 4 aliphatic rings. The molecular weight excluding hydrogens is 910 g/mol. The quantitative estimate of drug-likeness (QED) is 0.0316. The standard InChI is InChI=1S/C40H69NO26/c1-5-7-18(46)8-6-9-60-41(4)35-29(54)28(53)33(24(15-45)61-35)63-36-30(55)34(26(51)22(13-43)62-36)67-40(38(58)59)11-20(48)17(3)32(66-40)27(52)23(14-44)64-39(37(56)57)10-19(47)16(2)31(65-39)25(50)21(49)12-42/h16-17,19-36,42-45,47-55H,5-15H2,1-4H3,(H,56,57)(H,58,59)/t16-,17-,19?,20?,21-,22?,23-,24?,25-,26+,27-,28-,29?,30?,31-,32-,33-,34+,35-,36+,39-,40+/m1/s1. The Hall–Kier alpha value is -2.27. The highest BCUT2D eigenvalue weighted by Crippen LogP contribution is 2.42. The fourth-order valence-corrected chi connectivity index (χ4v) is 8.57. The van der Waals surface area contributed by atoms with Gasteiger partial charge in [0.1, 0.15) is 79.0 Å². The first-order valence-electron chi connectivity index (χ1n) is 22.1. The van der Waals surface area contributed by atoms with E-state index in [-0.39, 0.29) is 18.8 Å². The maximum Gasteiger partial charge on any atom is 0.364 e. The Morgan fingerprint density at radius 2 is 1.28 bits per heavy atom. The van der Waals surface area contributed by atoms with Crippen molar-refractivity contribution in [3.05, 3.63) is 0 Å². The first kappa shape index (κ1) is 57.3. The predicted molar refractivity (Wildman–Crippen MR) is 215 cm³/mol. The number of hydrogen-bond donors (Lipinski definition) is 15. The van der Waals surface area contributed by atoms with Crippen LogP contribution in [0.15, 0.2) is 0 Å². The van der Waals surface area contributed by atoms with Gasteiger partial charge in [0.25, 0.3) is 11.6 Å². The van der Waals surface area contributed by atoms with Crippen molar-refractivity contribution in [2.45, 2.75) is 181 Å². The molecule has 0 bridgehead atoms. The first-order chi connectivity index (χ1) is 31.5. The van der Waals surface area contributed by atoms with Gasteiger partial charge in [0.2, 0.25) is 0 Å². The number of Topliss-reactive ketones (excluding diaryl/α,β-unsaturated/α-hetero) is 1. The molecule has 67 heavy (non-hydrogen) atoms. The molecule has 6 unspecified atom stereocenters. The van der Waals surface area contributed by atoms with Crippen LogP contribution in [0.3, 0.4) is 0 Å². The summed E-state index contributed by atoms with van der Waals surface area (Å²) in [6.45, 7) is 0.308. The number of aliphatic hydroxyl groups is 13. The van der Waals surface area contributed by atoms with E-state index >= 15 is 0 Å². The topological polar surface area (TPSA) is 432 Å². The zero-order valence-electron chi connectivity index (χ0n) is 37.5. The molecule has 0 aliphatic carbocycles. The van der Waals surface area contributed by atoms with Crippen molar-refractivity contribution >= 4 is 17.7 Å². The first-order valence-corrected chi connectivity index (χ1v) is 22.1. The summed E-state index contributed by atoms with van der Waals surface area (Å²) in [7, 11) is 1.36. The molecule has 0 radical (unpaired) electrons. The van der Waals surface area contributed by atoms with Crippen LogP contribution in [0.1, 0.15) is 59.3 Å². The van der Waals surface area contributed by atoms with E-state index in [2.05, 4.69) is 0 Å². The molecule has 4 aliphatic heterocycles. The lowest BCUT2D eigenvalue weighted by Gasteiger charge is -2.51. The van der Waals surface area contributed by atoms with E-state index in [9.17, 15) is 91.0 Å². The molecule has 4 heterocycles. The van der Waals surface area contributed by atoms with E-state index in [1.807, 2.05) is 6.92 Å². The van der Waals surface area contributed by atoms with Gasteiger partial charge < -0.3 is 110 Å². The van der Waals surface area contributed by atoms with Gasteiger partial charge in [0, 0.05) is 44.6 Å². The zero-order chi connectivity index (χ0) is 50.3. The van der Waals surface area contributed by atoms with E-state index in [4.69, 9.17) is 38.0 Å². The molecule has 0 amide bonds. The summed E-state index contributed by atoms with van der Waals surface area (Å²) >= 11 is 0. The smallest absolute Gasteiger partial charge is 0.364 e. The molecule has 22 atom stereocenters. The number of hydroxylamine groups is 2. The Bertz CT molecular complexity index is 1580. The van der Waals surface area contributed by atoms with Crippen LogP contribution in [0.5, 0.6) is 0 Å². The third-order valence-corrected chi connectivity index (χ3v) is 12.7. The van der Waals surface area contributed by atoms with Gasteiger partial charge in [-0.3, -0.25) is 9.63 Å². The monoisotopic (exact) mass is 979 g/mol. The Kier molecular flexibility index (Phi) is 21.1. The molecule has 0 spiro atoms. The van der Waals surface area contributed by atoms with Crippen molar-refractivity contribution in [3.8, 4) is 0 Å². The molecule has 27 nitrogen and oxygen atoms in total. The zero-order valence-corrected chi connectivity index (χ0v) is 37.5. The third kappa shape index (κ3) is 12.8. The Morgan fingerprint density at radius 3 is 1.82 bits per heavy atom. The summed E-state index contributed by atoms with van der Waals surface area (Å²) in [4.78, 5) is 43.3. The van der Waals surface area contributed by atoms with Gasteiger partial charge in [-0.25, -0.2) is 9.59 Å². The average molecular weight is 980 g/mol. The van der Waals surface area contributed by atoms with Crippen LogP contribution < -0.4 is 0 Å². The lowest BCUT2D eigenvalue weighted by atomic mass is 9.83. The molecular formula is C40H69NO26. The van der Waals surface area contributed by atoms with Crippen LogP contribution >= 0.6 is 0 Å².